The summed E-state index contributed by atoms with van der Waals surface area (Å²) in [6.07, 6.45) is -0.754. The lowest BCUT2D eigenvalue weighted by atomic mass is 10.2. The lowest BCUT2D eigenvalue weighted by molar-refractivity contribution is 0.139. The standard InChI is InChI=1S/C24H41FN5O9P3.CH4/c1-37-40(31,32)18-28-10-8-27(17-23-6-4-21-16-22(25)5-7-24(21)26-23)9-11-29(19-41(33,34)38-2)13-15-30(14-12-28)20-42(35,36)39-3;/h4-7,16H,8-15,17-20H2,1-3H3,(H,31,32)(H,33,34)(H,35,36);1H4. The van der Waals surface area contributed by atoms with Crippen LogP contribution in [0.4, 0.5) is 4.39 Å². The van der Waals surface area contributed by atoms with Gasteiger partial charge in [0.1, 0.15) is 24.7 Å². The van der Waals surface area contributed by atoms with Crippen molar-refractivity contribution in [2.75, 3.05) is 92.5 Å². The number of hydrogen-bond acceptors (Lipinski definition) is 11. The van der Waals surface area contributed by atoms with E-state index in [2.05, 4.69) is 9.88 Å². The molecule has 1 saturated heterocycles. The first kappa shape index (κ1) is 38.0. The number of pyridine rings is 1. The van der Waals surface area contributed by atoms with Gasteiger partial charge in [0.25, 0.3) is 0 Å². The van der Waals surface area contributed by atoms with E-state index in [1.807, 2.05) is 6.07 Å². The van der Waals surface area contributed by atoms with Crippen molar-refractivity contribution in [3.63, 3.8) is 0 Å². The molecule has 14 nitrogen and oxygen atoms in total. The predicted molar refractivity (Wildman–Crippen MR) is 164 cm³/mol. The summed E-state index contributed by atoms with van der Waals surface area (Å²) in [4.78, 5) is 42.5. The molecular weight excluding hydrogens is 626 g/mol. The fourth-order valence-corrected chi connectivity index (χ4v) is 7.26. The van der Waals surface area contributed by atoms with E-state index in [4.69, 9.17) is 13.6 Å². The van der Waals surface area contributed by atoms with Crippen LogP contribution < -0.4 is 0 Å². The van der Waals surface area contributed by atoms with E-state index in [9.17, 15) is 32.8 Å². The molecule has 0 radical (unpaired) electrons. The molecule has 0 amide bonds. The third kappa shape index (κ3) is 13.0. The summed E-state index contributed by atoms with van der Waals surface area (Å²) < 4.78 is 65.3. The van der Waals surface area contributed by atoms with Gasteiger partial charge in [-0.1, -0.05) is 13.5 Å². The summed E-state index contributed by atoms with van der Waals surface area (Å²) in [5.41, 5.74) is 1.38. The van der Waals surface area contributed by atoms with Crippen LogP contribution in [0.3, 0.4) is 0 Å². The van der Waals surface area contributed by atoms with Gasteiger partial charge in [-0.2, -0.15) is 0 Å². The molecular formula is C25H45FN5O9P3. The molecule has 43 heavy (non-hydrogen) atoms. The minimum atomic E-state index is -3.93. The zero-order valence-corrected chi connectivity index (χ0v) is 26.8. The first-order valence-electron chi connectivity index (χ1n) is 13.3. The molecule has 0 aliphatic carbocycles. The number of aromatic nitrogens is 1. The van der Waals surface area contributed by atoms with E-state index in [0.717, 1.165) is 12.8 Å². The number of fused-ring (bicyclic) bond motifs is 1. The predicted octanol–water partition coefficient (Wildman–Crippen LogP) is 3.10. The molecule has 18 heteroatoms. The molecule has 3 rings (SSSR count). The Labute approximate surface area is 252 Å². The summed E-state index contributed by atoms with van der Waals surface area (Å²) in [5, 5.41) is 0.673. The van der Waals surface area contributed by atoms with Crippen molar-refractivity contribution in [1.29, 1.82) is 0 Å². The normalized spacial score (nSPS) is 21.6. The summed E-state index contributed by atoms with van der Waals surface area (Å²) in [6.45, 7) is 3.09. The molecule has 246 valence electrons. The van der Waals surface area contributed by atoms with Crippen molar-refractivity contribution in [1.82, 2.24) is 24.6 Å². The summed E-state index contributed by atoms with van der Waals surface area (Å²) in [6, 6.07) is 7.99. The molecule has 1 aromatic carbocycles. The summed E-state index contributed by atoms with van der Waals surface area (Å²) in [7, 11) is -8.25. The summed E-state index contributed by atoms with van der Waals surface area (Å²) in [5.74, 6) is -0.350. The third-order valence-electron chi connectivity index (χ3n) is 7.02. The molecule has 0 saturated carbocycles. The fraction of sp³-hybridized carbons (Fsp3) is 0.640. The van der Waals surface area contributed by atoms with E-state index < -0.39 is 22.8 Å². The topological polar surface area (TPSA) is 165 Å². The van der Waals surface area contributed by atoms with Crippen molar-refractivity contribution < 1.29 is 46.3 Å². The third-order valence-corrected chi connectivity index (χ3v) is 11.0. The van der Waals surface area contributed by atoms with Gasteiger partial charge >= 0.3 is 22.8 Å². The van der Waals surface area contributed by atoms with Gasteiger partial charge in [0, 0.05) is 85.6 Å². The maximum atomic E-state index is 13.6. The average Bonchev–Trinajstić information content (AvgIpc) is 2.94. The lowest BCUT2D eigenvalue weighted by Crippen LogP contribution is -2.46. The molecule has 1 aliphatic rings. The number of hydrogen-bond donors (Lipinski definition) is 3. The first-order chi connectivity index (χ1) is 19.7. The van der Waals surface area contributed by atoms with Gasteiger partial charge in [-0.25, -0.2) is 4.39 Å². The first-order valence-corrected chi connectivity index (χ1v) is 18.6. The Morgan fingerprint density at radius 1 is 0.698 bits per heavy atom. The van der Waals surface area contributed by atoms with Crippen molar-refractivity contribution >= 4 is 33.7 Å². The minimum absolute atomic E-state index is 0. The van der Waals surface area contributed by atoms with Crippen LogP contribution in [0.1, 0.15) is 13.1 Å². The Hall–Kier alpha value is -1.15. The Morgan fingerprint density at radius 3 is 1.49 bits per heavy atom. The number of halogens is 1. The smallest absolute Gasteiger partial charge is 0.323 e. The molecule has 0 bridgehead atoms. The largest absolute Gasteiger partial charge is 0.341 e. The second kappa shape index (κ2) is 17.0. The molecule has 3 N–H and O–H groups in total. The van der Waals surface area contributed by atoms with Gasteiger partial charge in [0.05, 0.1) is 11.2 Å². The number of benzene rings is 1. The minimum Gasteiger partial charge on any atom is -0.323 e. The van der Waals surface area contributed by atoms with Crippen molar-refractivity contribution in [3.8, 4) is 0 Å². The zero-order chi connectivity index (χ0) is 31.0. The van der Waals surface area contributed by atoms with Crippen molar-refractivity contribution in [3.05, 3.63) is 41.8 Å². The molecule has 1 aromatic heterocycles. The Bertz CT molecular complexity index is 1280. The van der Waals surface area contributed by atoms with Crippen LogP contribution in [-0.4, -0.2) is 132 Å². The van der Waals surface area contributed by atoms with E-state index >= 15 is 0 Å². The fourth-order valence-electron chi connectivity index (χ4n) is 4.55. The van der Waals surface area contributed by atoms with E-state index in [-0.39, 0.29) is 58.3 Å². The van der Waals surface area contributed by atoms with Crippen LogP contribution in [0, 0.1) is 5.82 Å². The van der Waals surface area contributed by atoms with Gasteiger partial charge < -0.3 is 28.3 Å². The highest BCUT2D eigenvalue weighted by Gasteiger charge is 2.28. The zero-order valence-electron chi connectivity index (χ0n) is 24.1. The number of nitrogens with zero attached hydrogens (tertiary/aromatic N) is 5. The van der Waals surface area contributed by atoms with Gasteiger partial charge in [0.2, 0.25) is 0 Å². The Morgan fingerprint density at radius 2 is 1.09 bits per heavy atom. The highest BCUT2D eigenvalue weighted by molar-refractivity contribution is 7.53. The van der Waals surface area contributed by atoms with E-state index in [1.165, 1.54) is 26.4 Å². The molecule has 2 aromatic rings. The second-order valence-corrected chi connectivity index (χ2v) is 15.9. The van der Waals surface area contributed by atoms with Gasteiger partial charge in [0.15, 0.2) is 0 Å². The maximum absolute atomic E-state index is 13.6. The van der Waals surface area contributed by atoms with E-state index in [1.54, 1.807) is 26.8 Å². The Kier molecular flexibility index (Phi) is 15.0. The van der Waals surface area contributed by atoms with Crippen LogP contribution >= 0.6 is 22.8 Å². The van der Waals surface area contributed by atoms with Crippen LogP contribution in [0.2, 0.25) is 0 Å². The van der Waals surface area contributed by atoms with Crippen LogP contribution in [0.5, 0.6) is 0 Å². The quantitative estimate of drug-likeness (QED) is 0.299. The van der Waals surface area contributed by atoms with Gasteiger partial charge in [-0.15, -0.1) is 0 Å². The van der Waals surface area contributed by atoms with Crippen molar-refractivity contribution in [2.24, 2.45) is 0 Å². The SMILES string of the molecule is C.COP(=O)(O)CN1CCN(Cc2ccc3cc(F)ccc3n2)CCN(CP(=O)(O)OC)CCN(CP(=O)(O)OC)CC1. The van der Waals surface area contributed by atoms with Crippen LogP contribution in [0.15, 0.2) is 30.3 Å². The summed E-state index contributed by atoms with van der Waals surface area (Å²) >= 11 is 0. The molecule has 2 heterocycles. The van der Waals surface area contributed by atoms with Gasteiger partial charge in [-0.05, 0) is 24.3 Å². The molecule has 1 fully saturated rings. The second-order valence-electron chi connectivity index (χ2n) is 10.2. The highest BCUT2D eigenvalue weighted by Crippen LogP contribution is 2.43. The highest BCUT2D eigenvalue weighted by atomic mass is 31.2. The lowest BCUT2D eigenvalue weighted by Gasteiger charge is -2.35. The molecule has 1 aliphatic heterocycles. The molecule has 3 atom stereocenters. The monoisotopic (exact) mass is 671 g/mol. The Balaban J connectivity index is 0.00000645. The van der Waals surface area contributed by atoms with Crippen LogP contribution in [0.25, 0.3) is 10.9 Å². The maximum Gasteiger partial charge on any atom is 0.341 e. The van der Waals surface area contributed by atoms with Crippen LogP contribution in [-0.2, 0) is 33.8 Å². The average molecular weight is 672 g/mol. The van der Waals surface area contributed by atoms with Gasteiger partial charge in [-0.3, -0.25) is 38.3 Å². The number of rotatable bonds is 11. The molecule has 3 unspecified atom stereocenters. The molecule has 0 spiro atoms. The van der Waals surface area contributed by atoms with Crippen molar-refractivity contribution in [2.45, 2.75) is 14.0 Å². The van der Waals surface area contributed by atoms with E-state index in [0.29, 0.717) is 43.6 Å².